The van der Waals surface area contributed by atoms with Crippen molar-refractivity contribution in [1.82, 2.24) is 15.1 Å². The summed E-state index contributed by atoms with van der Waals surface area (Å²) in [6, 6.07) is 6.35. The first kappa shape index (κ1) is 14.7. The van der Waals surface area contributed by atoms with Crippen molar-refractivity contribution in [3.05, 3.63) is 24.4 Å². The number of fused-ring (bicyclic) bond motifs is 1. The molecule has 2 N–H and O–H groups in total. The first-order valence-corrected chi connectivity index (χ1v) is 7.58. The van der Waals surface area contributed by atoms with Gasteiger partial charge >= 0.3 is 6.09 Å². The number of nitrogens with zero attached hydrogens (tertiary/aromatic N) is 2. The first-order valence-electron chi connectivity index (χ1n) is 7.58. The van der Waals surface area contributed by atoms with Crippen molar-refractivity contribution in [1.29, 1.82) is 0 Å². The standard InChI is InChI=1S/C16H22N4O2/c1-16(2,3)22-15(21)20-7-6-13(10-20)18-12-5-4-11-9-17-19-14(11)8-12/h4-5,8-9,13,18H,6-7,10H2,1-3H3,(H,17,19). The molecule has 1 aromatic carbocycles. The molecule has 0 spiro atoms. The Kier molecular flexibility index (Phi) is 3.68. The van der Waals surface area contributed by atoms with Crippen LogP contribution < -0.4 is 5.32 Å². The monoisotopic (exact) mass is 302 g/mol. The van der Waals surface area contributed by atoms with Crippen LogP contribution in [0.5, 0.6) is 0 Å². The van der Waals surface area contributed by atoms with E-state index in [1.807, 2.05) is 39.0 Å². The highest BCUT2D eigenvalue weighted by molar-refractivity contribution is 5.81. The van der Waals surface area contributed by atoms with Gasteiger partial charge in [-0.25, -0.2) is 4.79 Å². The topological polar surface area (TPSA) is 70.2 Å². The highest BCUT2D eigenvalue weighted by Crippen LogP contribution is 2.21. The van der Waals surface area contributed by atoms with Crippen molar-refractivity contribution in [3.8, 4) is 0 Å². The number of benzene rings is 1. The Morgan fingerprint density at radius 1 is 1.45 bits per heavy atom. The lowest BCUT2D eigenvalue weighted by Crippen LogP contribution is -2.36. The number of hydrogen-bond acceptors (Lipinski definition) is 4. The van der Waals surface area contributed by atoms with Crippen LogP contribution in [0.4, 0.5) is 10.5 Å². The molecule has 2 aromatic rings. The quantitative estimate of drug-likeness (QED) is 0.894. The molecular weight excluding hydrogens is 280 g/mol. The third-order valence-electron chi connectivity index (χ3n) is 3.65. The normalized spacial score (nSPS) is 18.7. The Morgan fingerprint density at radius 3 is 3.05 bits per heavy atom. The van der Waals surface area contributed by atoms with Gasteiger partial charge in [0.15, 0.2) is 0 Å². The predicted molar refractivity (Wildman–Crippen MR) is 85.9 cm³/mol. The molecule has 1 amide bonds. The molecule has 1 saturated heterocycles. The predicted octanol–water partition coefficient (Wildman–Crippen LogP) is 2.98. The number of ether oxygens (including phenoxy) is 1. The van der Waals surface area contributed by atoms with Crippen LogP contribution in [0.15, 0.2) is 24.4 Å². The minimum atomic E-state index is -0.450. The maximum Gasteiger partial charge on any atom is 0.410 e. The number of H-pyrrole nitrogens is 1. The van der Waals surface area contributed by atoms with E-state index in [2.05, 4.69) is 15.5 Å². The molecule has 6 heteroatoms. The van der Waals surface area contributed by atoms with E-state index in [4.69, 9.17) is 4.74 Å². The summed E-state index contributed by atoms with van der Waals surface area (Å²) in [7, 11) is 0. The van der Waals surface area contributed by atoms with E-state index in [9.17, 15) is 4.79 Å². The summed E-state index contributed by atoms with van der Waals surface area (Å²) in [5, 5.41) is 11.5. The highest BCUT2D eigenvalue weighted by atomic mass is 16.6. The van der Waals surface area contributed by atoms with Gasteiger partial charge < -0.3 is 15.0 Å². The van der Waals surface area contributed by atoms with Crippen LogP contribution in [0.2, 0.25) is 0 Å². The van der Waals surface area contributed by atoms with Crippen molar-refractivity contribution in [2.75, 3.05) is 18.4 Å². The molecule has 2 heterocycles. The number of hydrogen-bond donors (Lipinski definition) is 2. The summed E-state index contributed by atoms with van der Waals surface area (Å²) in [5.41, 5.74) is 1.59. The molecule has 1 aromatic heterocycles. The summed E-state index contributed by atoms with van der Waals surface area (Å²) in [6.45, 7) is 7.04. The number of amides is 1. The fraction of sp³-hybridized carbons (Fsp3) is 0.500. The first-order chi connectivity index (χ1) is 10.4. The van der Waals surface area contributed by atoms with Gasteiger partial charge in [-0.15, -0.1) is 0 Å². The number of carbonyl (C=O) groups is 1. The van der Waals surface area contributed by atoms with E-state index >= 15 is 0 Å². The lowest BCUT2D eigenvalue weighted by molar-refractivity contribution is 0.0293. The average molecular weight is 302 g/mol. The maximum absolute atomic E-state index is 12.1. The molecule has 22 heavy (non-hydrogen) atoms. The number of aromatic nitrogens is 2. The third-order valence-corrected chi connectivity index (χ3v) is 3.65. The molecule has 0 bridgehead atoms. The molecule has 3 rings (SSSR count). The average Bonchev–Trinajstić information content (AvgIpc) is 3.04. The zero-order valence-corrected chi connectivity index (χ0v) is 13.2. The molecule has 0 aliphatic carbocycles. The molecule has 6 nitrogen and oxygen atoms in total. The van der Waals surface area contributed by atoms with Gasteiger partial charge in [0, 0.05) is 30.2 Å². The van der Waals surface area contributed by atoms with E-state index in [0.29, 0.717) is 6.54 Å². The second-order valence-corrected chi connectivity index (χ2v) is 6.73. The Labute approximate surface area is 129 Å². The van der Waals surface area contributed by atoms with Crippen molar-refractivity contribution in [2.45, 2.75) is 38.8 Å². The van der Waals surface area contributed by atoms with Crippen LogP contribution in [0, 0.1) is 0 Å². The Balaban J connectivity index is 1.59. The number of likely N-dealkylation sites (tertiary alicyclic amines) is 1. The molecule has 1 atom stereocenters. The highest BCUT2D eigenvalue weighted by Gasteiger charge is 2.29. The minimum absolute atomic E-state index is 0.235. The van der Waals surface area contributed by atoms with Crippen molar-refractivity contribution in [2.24, 2.45) is 0 Å². The molecule has 118 valence electrons. The summed E-state index contributed by atoms with van der Waals surface area (Å²) in [6.07, 6.45) is 2.49. The number of nitrogens with one attached hydrogen (secondary N) is 2. The number of anilines is 1. The lowest BCUT2D eigenvalue weighted by atomic mass is 10.2. The number of rotatable bonds is 2. The molecule has 1 unspecified atom stereocenters. The van der Waals surface area contributed by atoms with Gasteiger partial charge in [-0.05, 0) is 45.4 Å². The molecule has 1 aliphatic rings. The molecule has 0 radical (unpaired) electrons. The van der Waals surface area contributed by atoms with Crippen LogP contribution in [0.25, 0.3) is 10.9 Å². The molecule has 1 aliphatic heterocycles. The van der Waals surface area contributed by atoms with Crippen molar-refractivity contribution >= 4 is 22.7 Å². The van der Waals surface area contributed by atoms with Gasteiger partial charge in [0.05, 0.1) is 11.7 Å². The fourth-order valence-electron chi connectivity index (χ4n) is 2.63. The van der Waals surface area contributed by atoms with E-state index in [-0.39, 0.29) is 12.1 Å². The van der Waals surface area contributed by atoms with E-state index < -0.39 is 5.60 Å². The second-order valence-electron chi connectivity index (χ2n) is 6.73. The minimum Gasteiger partial charge on any atom is -0.444 e. The fourth-order valence-corrected chi connectivity index (χ4v) is 2.63. The Morgan fingerprint density at radius 2 is 2.27 bits per heavy atom. The Hall–Kier alpha value is -2.24. The van der Waals surface area contributed by atoms with Crippen LogP contribution in [0.1, 0.15) is 27.2 Å². The maximum atomic E-state index is 12.1. The number of aromatic amines is 1. The van der Waals surface area contributed by atoms with Crippen molar-refractivity contribution in [3.63, 3.8) is 0 Å². The summed E-state index contributed by atoms with van der Waals surface area (Å²) < 4.78 is 5.41. The van der Waals surface area contributed by atoms with E-state index in [1.54, 1.807) is 11.1 Å². The summed E-state index contributed by atoms with van der Waals surface area (Å²) >= 11 is 0. The second kappa shape index (κ2) is 5.51. The summed E-state index contributed by atoms with van der Waals surface area (Å²) in [5.74, 6) is 0. The van der Waals surface area contributed by atoms with Gasteiger partial charge in [-0.3, -0.25) is 5.10 Å². The van der Waals surface area contributed by atoms with Crippen LogP contribution in [-0.4, -0.2) is 45.9 Å². The van der Waals surface area contributed by atoms with E-state index in [1.165, 1.54) is 0 Å². The molecular formula is C16H22N4O2. The van der Waals surface area contributed by atoms with Gasteiger partial charge in [-0.2, -0.15) is 5.10 Å². The van der Waals surface area contributed by atoms with Crippen molar-refractivity contribution < 1.29 is 9.53 Å². The zero-order chi connectivity index (χ0) is 15.7. The van der Waals surface area contributed by atoms with E-state index in [0.717, 1.165) is 29.6 Å². The van der Waals surface area contributed by atoms with Gasteiger partial charge in [0.2, 0.25) is 0 Å². The van der Waals surface area contributed by atoms with Crippen LogP contribution >= 0.6 is 0 Å². The van der Waals surface area contributed by atoms with Crippen LogP contribution in [0.3, 0.4) is 0 Å². The number of carbonyl (C=O) groups excluding carboxylic acids is 1. The SMILES string of the molecule is CC(C)(C)OC(=O)N1CCC(Nc2ccc3cn[nH]c3c2)C1. The smallest absolute Gasteiger partial charge is 0.410 e. The molecule has 0 saturated carbocycles. The zero-order valence-electron chi connectivity index (χ0n) is 13.2. The van der Waals surface area contributed by atoms with Crippen LogP contribution in [-0.2, 0) is 4.74 Å². The van der Waals surface area contributed by atoms with Gasteiger partial charge in [0.25, 0.3) is 0 Å². The molecule has 1 fully saturated rings. The van der Waals surface area contributed by atoms with Gasteiger partial charge in [0.1, 0.15) is 5.60 Å². The lowest BCUT2D eigenvalue weighted by Gasteiger charge is -2.24. The Bertz CT molecular complexity index is 674. The summed E-state index contributed by atoms with van der Waals surface area (Å²) in [4.78, 5) is 13.8. The largest absolute Gasteiger partial charge is 0.444 e. The third kappa shape index (κ3) is 3.32. The van der Waals surface area contributed by atoms with Gasteiger partial charge in [-0.1, -0.05) is 0 Å².